The second kappa shape index (κ2) is 3.38. The van der Waals surface area contributed by atoms with E-state index in [0.29, 0.717) is 0 Å². The predicted molar refractivity (Wildman–Crippen MR) is 56.2 cm³/mol. The third-order valence-corrected chi connectivity index (χ3v) is 2.69. The number of hydrogen-bond acceptors (Lipinski definition) is 2. The molecule has 0 amide bonds. The van der Waals surface area contributed by atoms with E-state index in [2.05, 4.69) is 30.0 Å². The summed E-state index contributed by atoms with van der Waals surface area (Å²) in [6.45, 7) is 5.04. The molecule has 1 heterocycles. The lowest BCUT2D eigenvalue weighted by molar-refractivity contribution is 0.819. The molecule has 2 N–H and O–H groups in total. The zero-order valence-electron chi connectivity index (χ0n) is 8.09. The molecule has 0 bridgehead atoms. The van der Waals surface area contributed by atoms with Crippen molar-refractivity contribution >= 4 is 5.69 Å². The van der Waals surface area contributed by atoms with Crippen LogP contribution < -0.4 is 10.6 Å². The SMILES string of the molecule is Cc1cccc2c1N(CCN)CC2. The van der Waals surface area contributed by atoms with E-state index in [0.717, 1.165) is 19.6 Å². The van der Waals surface area contributed by atoms with Gasteiger partial charge in [-0.05, 0) is 24.5 Å². The Kier molecular flexibility index (Phi) is 2.23. The van der Waals surface area contributed by atoms with Crippen LogP contribution in [0.5, 0.6) is 0 Å². The van der Waals surface area contributed by atoms with E-state index in [9.17, 15) is 0 Å². The van der Waals surface area contributed by atoms with Crippen molar-refractivity contribution in [1.29, 1.82) is 0 Å². The summed E-state index contributed by atoms with van der Waals surface area (Å²) in [5.74, 6) is 0. The summed E-state index contributed by atoms with van der Waals surface area (Å²) in [7, 11) is 0. The van der Waals surface area contributed by atoms with Gasteiger partial charge in [-0.15, -0.1) is 0 Å². The van der Waals surface area contributed by atoms with Crippen LogP contribution in [0.25, 0.3) is 0 Å². The molecule has 0 radical (unpaired) electrons. The topological polar surface area (TPSA) is 29.3 Å². The fraction of sp³-hybridized carbons (Fsp3) is 0.455. The highest BCUT2D eigenvalue weighted by Crippen LogP contribution is 2.30. The van der Waals surface area contributed by atoms with Crippen LogP contribution in [-0.2, 0) is 6.42 Å². The van der Waals surface area contributed by atoms with Crippen molar-refractivity contribution in [2.75, 3.05) is 24.5 Å². The van der Waals surface area contributed by atoms with E-state index in [-0.39, 0.29) is 0 Å². The fourth-order valence-corrected chi connectivity index (χ4v) is 2.12. The lowest BCUT2D eigenvalue weighted by Gasteiger charge is -2.19. The average Bonchev–Trinajstić information content (AvgIpc) is 2.51. The van der Waals surface area contributed by atoms with Crippen LogP contribution in [0, 0.1) is 6.92 Å². The molecule has 2 rings (SSSR count). The molecule has 1 aliphatic rings. The highest BCUT2D eigenvalue weighted by Gasteiger charge is 2.19. The maximum atomic E-state index is 5.57. The van der Waals surface area contributed by atoms with Gasteiger partial charge >= 0.3 is 0 Å². The molecular formula is C11H16N2. The molecule has 2 nitrogen and oxygen atoms in total. The smallest absolute Gasteiger partial charge is 0.0429 e. The number of nitrogens with two attached hydrogens (primary N) is 1. The van der Waals surface area contributed by atoms with Gasteiger partial charge in [-0.3, -0.25) is 0 Å². The minimum absolute atomic E-state index is 0.744. The number of fused-ring (bicyclic) bond motifs is 1. The summed E-state index contributed by atoms with van der Waals surface area (Å²) in [5.41, 5.74) is 9.86. The first kappa shape index (κ1) is 8.57. The van der Waals surface area contributed by atoms with Crippen LogP contribution in [0.3, 0.4) is 0 Å². The van der Waals surface area contributed by atoms with E-state index in [4.69, 9.17) is 5.73 Å². The number of hydrogen-bond donors (Lipinski definition) is 1. The van der Waals surface area contributed by atoms with Crippen molar-refractivity contribution in [2.24, 2.45) is 5.73 Å². The van der Waals surface area contributed by atoms with Crippen LogP contribution >= 0.6 is 0 Å². The van der Waals surface area contributed by atoms with Crippen molar-refractivity contribution < 1.29 is 0 Å². The number of anilines is 1. The second-order valence-electron chi connectivity index (χ2n) is 3.61. The Morgan fingerprint density at radius 3 is 3.08 bits per heavy atom. The van der Waals surface area contributed by atoms with Crippen LogP contribution in [0.4, 0.5) is 5.69 Å². The number of aryl methyl sites for hydroxylation is 1. The lowest BCUT2D eigenvalue weighted by Crippen LogP contribution is -2.27. The molecule has 13 heavy (non-hydrogen) atoms. The van der Waals surface area contributed by atoms with Gasteiger partial charge in [-0.2, -0.15) is 0 Å². The van der Waals surface area contributed by atoms with Gasteiger partial charge in [0.25, 0.3) is 0 Å². The Morgan fingerprint density at radius 2 is 2.31 bits per heavy atom. The Hall–Kier alpha value is -1.02. The molecule has 0 saturated heterocycles. The minimum atomic E-state index is 0.744. The number of para-hydroxylation sites is 1. The molecule has 1 aromatic carbocycles. The molecule has 1 aliphatic heterocycles. The summed E-state index contributed by atoms with van der Waals surface area (Å²) < 4.78 is 0. The summed E-state index contributed by atoms with van der Waals surface area (Å²) in [5, 5.41) is 0. The van der Waals surface area contributed by atoms with Crippen LogP contribution in [0.2, 0.25) is 0 Å². The van der Waals surface area contributed by atoms with Gasteiger partial charge in [0.15, 0.2) is 0 Å². The first-order chi connectivity index (χ1) is 6.33. The molecule has 0 spiro atoms. The molecule has 1 aromatic rings. The normalized spacial score (nSPS) is 14.8. The summed E-state index contributed by atoms with van der Waals surface area (Å²) in [4.78, 5) is 2.39. The zero-order valence-corrected chi connectivity index (χ0v) is 8.09. The predicted octanol–water partition coefficient (Wildman–Crippen LogP) is 1.32. The van der Waals surface area contributed by atoms with Crippen LogP contribution in [-0.4, -0.2) is 19.6 Å². The van der Waals surface area contributed by atoms with Gasteiger partial charge in [-0.25, -0.2) is 0 Å². The molecule has 0 aliphatic carbocycles. The Bertz CT molecular complexity index is 305. The molecule has 2 heteroatoms. The first-order valence-electron chi connectivity index (χ1n) is 4.86. The number of rotatable bonds is 2. The molecule has 0 aromatic heterocycles. The van der Waals surface area contributed by atoms with Crippen LogP contribution in [0.15, 0.2) is 18.2 Å². The Morgan fingerprint density at radius 1 is 1.46 bits per heavy atom. The molecule has 0 unspecified atom stereocenters. The fourth-order valence-electron chi connectivity index (χ4n) is 2.12. The third kappa shape index (κ3) is 1.42. The highest BCUT2D eigenvalue weighted by atomic mass is 15.2. The van der Waals surface area contributed by atoms with Gasteiger partial charge in [0.05, 0.1) is 0 Å². The summed E-state index contributed by atoms with van der Waals surface area (Å²) in [6.07, 6.45) is 1.18. The quantitative estimate of drug-likeness (QED) is 0.736. The molecular weight excluding hydrogens is 160 g/mol. The zero-order chi connectivity index (χ0) is 9.26. The third-order valence-electron chi connectivity index (χ3n) is 2.69. The van der Waals surface area contributed by atoms with Crippen molar-refractivity contribution in [1.82, 2.24) is 0 Å². The molecule has 70 valence electrons. The summed E-state index contributed by atoms with van der Waals surface area (Å²) in [6, 6.07) is 6.53. The summed E-state index contributed by atoms with van der Waals surface area (Å²) >= 11 is 0. The average molecular weight is 176 g/mol. The van der Waals surface area contributed by atoms with E-state index >= 15 is 0 Å². The molecule has 0 saturated carbocycles. The Labute approximate surface area is 79.4 Å². The van der Waals surface area contributed by atoms with Crippen molar-refractivity contribution in [2.45, 2.75) is 13.3 Å². The first-order valence-corrected chi connectivity index (χ1v) is 4.86. The maximum Gasteiger partial charge on any atom is 0.0429 e. The number of benzene rings is 1. The van der Waals surface area contributed by atoms with Gasteiger partial charge in [0.2, 0.25) is 0 Å². The molecule has 0 atom stereocenters. The second-order valence-corrected chi connectivity index (χ2v) is 3.61. The van der Waals surface area contributed by atoms with Gasteiger partial charge in [-0.1, -0.05) is 18.2 Å². The highest BCUT2D eigenvalue weighted by molar-refractivity contribution is 5.62. The monoisotopic (exact) mass is 176 g/mol. The standard InChI is InChI=1S/C11H16N2/c1-9-3-2-4-10-5-7-13(8-6-12)11(9)10/h2-4H,5-8,12H2,1H3. The van der Waals surface area contributed by atoms with Crippen molar-refractivity contribution in [3.8, 4) is 0 Å². The Balaban J connectivity index is 2.34. The van der Waals surface area contributed by atoms with Gasteiger partial charge in [0.1, 0.15) is 0 Å². The number of nitrogens with zero attached hydrogens (tertiary/aromatic N) is 1. The van der Waals surface area contributed by atoms with Gasteiger partial charge in [0, 0.05) is 25.3 Å². The molecule has 0 fully saturated rings. The lowest BCUT2D eigenvalue weighted by atomic mass is 10.1. The van der Waals surface area contributed by atoms with E-state index in [1.165, 1.54) is 23.2 Å². The minimum Gasteiger partial charge on any atom is -0.369 e. The van der Waals surface area contributed by atoms with E-state index < -0.39 is 0 Å². The van der Waals surface area contributed by atoms with E-state index in [1.807, 2.05) is 0 Å². The largest absolute Gasteiger partial charge is 0.369 e. The van der Waals surface area contributed by atoms with Gasteiger partial charge < -0.3 is 10.6 Å². The maximum absolute atomic E-state index is 5.57. The van der Waals surface area contributed by atoms with Crippen LogP contribution in [0.1, 0.15) is 11.1 Å². The van der Waals surface area contributed by atoms with Crippen molar-refractivity contribution in [3.05, 3.63) is 29.3 Å². The van der Waals surface area contributed by atoms with Crippen molar-refractivity contribution in [3.63, 3.8) is 0 Å². The van der Waals surface area contributed by atoms with E-state index in [1.54, 1.807) is 0 Å².